The second-order valence-corrected chi connectivity index (χ2v) is 1.34. The van der Waals surface area contributed by atoms with Gasteiger partial charge >= 0.3 is 39.2 Å². The minimum atomic E-state index is -4.67. The molecule has 0 aliphatic carbocycles. The van der Waals surface area contributed by atoms with E-state index >= 15 is 0 Å². The summed E-state index contributed by atoms with van der Waals surface area (Å²) < 4.78 is 31.6. The maximum absolute atomic E-state index is 8.74. The van der Waals surface area contributed by atoms with Crippen LogP contribution in [0.15, 0.2) is 0 Å². The SMILES string of the molecule is O=S(=O)(O)O.[S]=[Ag]. The summed E-state index contributed by atoms with van der Waals surface area (Å²) in [6, 6.07) is 0. The fourth-order valence-corrected chi connectivity index (χ4v) is 0. The van der Waals surface area contributed by atoms with Crippen molar-refractivity contribution in [3.05, 3.63) is 0 Å². The first kappa shape index (κ1) is 10.7. The number of hydrogen-bond donors (Lipinski definition) is 2. The van der Waals surface area contributed by atoms with Crippen LogP contribution in [0.3, 0.4) is 0 Å². The van der Waals surface area contributed by atoms with Crippen LogP contribution >= 0.6 is 9.58 Å². The van der Waals surface area contributed by atoms with Gasteiger partial charge in [-0.2, -0.15) is 8.42 Å². The third-order valence-corrected chi connectivity index (χ3v) is 0. The van der Waals surface area contributed by atoms with Gasteiger partial charge in [-0.3, -0.25) is 9.11 Å². The van der Waals surface area contributed by atoms with Gasteiger partial charge in [0.1, 0.15) is 0 Å². The van der Waals surface area contributed by atoms with E-state index < -0.39 is 10.4 Å². The molecule has 0 aromatic heterocycles. The predicted molar refractivity (Wildman–Crippen MR) is 21.8 cm³/mol. The molecule has 0 heterocycles. The second kappa shape index (κ2) is 4.98. The Morgan fingerprint density at radius 2 is 1.29 bits per heavy atom. The van der Waals surface area contributed by atoms with Gasteiger partial charge in [0.2, 0.25) is 0 Å². The third kappa shape index (κ3) is 231. The minimum absolute atomic E-state index is 2.53. The van der Waals surface area contributed by atoms with Gasteiger partial charge in [-0.05, 0) is 0 Å². The zero-order valence-electron chi connectivity index (χ0n) is 2.83. The van der Waals surface area contributed by atoms with Gasteiger partial charge in [0.05, 0.1) is 0 Å². The van der Waals surface area contributed by atoms with Gasteiger partial charge in [-0.25, -0.2) is 0 Å². The molecule has 0 saturated carbocycles. The normalized spacial score (nSPS) is 9.14. The fourth-order valence-electron chi connectivity index (χ4n) is 0. The zero-order chi connectivity index (χ0) is 6.50. The summed E-state index contributed by atoms with van der Waals surface area (Å²) in [6.07, 6.45) is 0. The molecule has 0 aliphatic heterocycles. The van der Waals surface area contributed by atoms with Crippen LogP contribution in [-0.2, 0) is 29.6 Å². The molecular weight excluding hydrogens is 236 g/mol. The molecule has 2 N–H and O–H groups in total. The van der Waals surface area contributed by atoms with Crippen LogP contribution in [0, 0.1) is 0 Å². The second-order valence-electron chi connectivity index (χ2n) is 0.448. The van der Waals surface area contributed by atoms with Crippen molar-refractivity contribution in [2.24, 2.45) is 0 Å². The Labute approximate surface area is 56.7 Å². The standard InChI is InChI=1S/Ag.H2O4S.S/c;1-5(2,3)4;/h;(H2,1,2,3,4);. The summed E-state index contributed by atoms with van der Waals surface area (Å²) in [5.74, 6) is 0. The number of hydrogen-bond acceptors (Lipinski definition) is 3. The fraction of sp³-hybridized carbons (Fsp3) is 0. The topological polar surface area (TPSA) is 74.6 Å². The van der Waals surface area contributed by atoms with E-state index in [1.807, 2.05) is 0 Å². The van der Waals surface area contributed by atoms with Gasteiger partial charge in [-0.1, -0.05) is 0 Å². The Morgan fingerprint density at radius 3 is 1.29 bits per heavy atom. The Morgan fingerprint density at radius 1 is 1.29 bits per heavy atom. The van der Waals surface area contributed by atoms with Crippen LogP contribution in [0.5, 0.6) is 0 Å². The van der Waals surface area contributed by atoms with Gasteiger partial charge in [-0.15, -0.1) is 0 Å². The van der Waals surface area contributed by atoms with Crippen LogP contribution < -0.4 is 0 Å². The Balaban J connectivity index is 0. The molecule has 7 heavy (non-hydrogen) atoms. The molecule has 0 fully saturated rings. The van der Waals surface area contributed by atoms with E-state index in [4.69, 9.17) is 17.5 Å². The van der Waals surface area contributed by atoms with E-state index in [0.717, 1.165) is 0 Å². The zero-order valence-corrected chi connectivity index (χ0v) is 5.94. The van der Waals surface area contributed by atoms with E-state index in [9.17, 15) is 0 Å². The molecule has 0 atom stereocenters. The monoisotopic (exact) mass is 237 g/mol. The summed E-state index contributed by atoms with van der Waals surface area (Å²) in [5.41, 5.74) is 0. The van der Waals surface area contributed by atoms with E-state index in [1.54, 1.807) is 0 Å². The van der Waals surface area contributed by atoms with Crippen molar-refractivity contribution < 1.29 is 36.7 Å². The molecule has 7 heteroatoms. The molecule has 0 rings (SSSR count). The summed E-state index contributed by atoms with van der Waals surface area (Å²) in [6.45, 7) is 0. The average Bonchev–Trinajstić information content (AvgIpc) is 1.36. The third-order valence-electron chi connectivity index (χ3n) is 0. The van der Waals surface area contributed by atoms with E-state index in [2.05, 4.69) is 28.8 Å². The Hall–Kier alpha value is 0.830. The summed E-state index contributed by atoms with van der Waals surface area (Å²) in [7, 11) is -0.773. The van der Waals surface area contributed by atoms with Crippen LogP contribution in [0.25, 0.3) is 0 Å². The van der Waals surface area contributed by atoms with Crippen molar-refractivity contribution in [1.82, 2.24) is 0 Å². The van der Waals surface area contributed by atoms with Gasteiger partial charge in [0, 0.05) is 0 Å². The molecule has 0 unspecified atom stereocenters. The van der Waals surface area contributed by atoms with E-state index in [1.165, 1.54) is 0 Å². The van der Waals surface area contributed by atoms with Crippen molar-refractivity contribution >= 4 is 20.0 Å². The molecule has 49 valence electrons. The summed E-state index contributed by atoms with van der Waals surface area (Å²) in [4.78, 5) is 0. The van der Waals surface area contributed by atoms with Gasteiger partial charge in [0.25, 0.3) is 0 Å². The van der Waals surface area contributed by atoms with E-state index in [-0.39, 0.29) is 0 Å². The quantitative estimate of drug-likeness (QED) is 0.458. The first-order valence-electron chi connectivity index (χ1n) is 0.822. The van der Waals surface area contributed by atoms with Crippen LogP contribution in [0.2, 0.25) is 0 Å². The first-order chi connectivity index (χ1) is 3.00. The molecular formula is H2AgO4S2. The van der Waals surface area contributed by atoms with Crippen molar-refractivity contribution in [3.63, 3.8) is 0 Å². The molecule has 0 aromatic carbocycles. The molecule has 0 bridgehead atoms. The molecule has 0 aliphatic rings. The van der Waals surface area contributed by atoms with Crippen LogP contribution in [0.1, 0.15) is 0 Å². The van der Waals surface area contributed by atoms with Crippen LogP contribution in [0.4, 0.5) is 0 Å². The van der Waals surface area contributed by atoms with Crippen molar-refractivity contribution in [1.29, 1.82) is 0 Å². The van der Waals surface area contributed by atoms with Gasteiger partial charge < -0.3 is 0 Å². The maximum atomic E-state index is 8.74. The Kier molecular flexibility index (Phi) is 7.64. The van der Waals surface area contributed by atoms with Gasteiger partial charge in [0.15, 0.2) is 0 Å². The van der Waals surface area contributed by atoms with E-state index in [0.29, 0.717) is 0 Å². The van der Waals surface area contributed by atoms with Crippen LogP contribution in [-0.4, -0.2) is 17.5 Å². The molecule has 0 saturated heterocycles. The molecule has 4 nitrogen and oxygen atoms in total. The molecule has 0 aromatic rings. The first-order valence-corrected chi connectivity index (χ1v) is 4.28. The molecule has 0 amide bonds. The molecule has 0 spiro atoms. The number of rotatable bonds is 0. The summed E-state index contributed by atoms with van der Waals surface area (Å²) in [5, 5.41) is 0. The Bertz CT molecular complexity index is 104. The van der Waals surface area contributed by atoms with Crippen molar-refractivity contribution in [3.8, 4) is 0 Å². The predicted octanol–water partition coefficient (Wildman–Crippen LogP) is -0.00710. The molecule has 0 radical (unpaired) electrons. The van der Waals surface area contributed by atoms with Crippen molar-refractivity contribution in [2.45, 2.75) is 0 Å². The summed E-state index contributed by atoms with van der Waals surface area (Å²) >= 11 is 2.53. The van der Waals surface area contributed by atoms with Crippen molar-refractivity contribution in [2.75, 3.05) is 0 Å². The average molecular weight is 238 g/mol.